The fourth-order valence-corrected chi connectivity index (χ4v) is 4.09. The fraction of sp³-hybridized carbons (Fsp3) is 0.333. The molecule has 1 aliphatic heterocycles. The monoisotopic (exact) mass is 384 g/mol. The van der Waals surface area contributed by atoms with E-state index in [0.717, 1.165) is 30.4 Å². The zero-order valence-electron chi connectivity index (χ0n) is 14.9. The summed E-state index contributed by atoms with van der Waals surface area (Å²) < 4.78 is 5.66. The molecule has 1 heterocycles. The van der Waals surface area contributed by atoms with E-state index >= 15 is 0 Å². The van der Waals surface area contributed by atoms with Gasteiger partial charge in [0.25, 0.3) is 5.91 Å². The highest BCUT2D eigenvalue weighted by Crippen LogP contribution is 2.38. The number of rotatable bonds is 4. The minimum Gasteiger partial charge on any atom is -0.492 e. The SMILES string of the molecule is O=C1N[C@@]2(CCCCc3ccccc32)C(=O)N1CCOc1ccc(Cl)cc1. The Morgan fingerprint density at radius 3 is 2.67 bits per heavy atom. The van der Waals surface area contributed by atoms with E-state index in [2.05, 4.69) is 5.32 Å². The van der Waals surface area contributed by atoms with Crippen LogP contribution in [0.25, 0.3) is 0 Å². The topological polar surface area (TPSA) is 58.6 Å². The van der Waals surface area contributed by atoms with E-state index in [1.807, 2.05) is 24.3 Å². The molecular formula is C21H21ClN2O3. The van der Waals surface area contributed by atoms with Crippen LogP contribution in [0.5, 0.6) is 5.75 Å². The van der Waals surface area contributed by atoms with Crippen molar-refractivity contribution in [2.75, 3.05) is 13.2 Å². The number of imide groups is 1. The predicted octanol–water partition coefficient (Wildman–Crippen LogP) is 3.89. The molecule has 1 spiro atoms. The summed E-state index contributed by atoms with van der Waals surface area (Å²) in [5, 5.41) is 3.62. The molecule has 2 aromatic carbocycles. The van der Waals surface area contributed by atoms with Gasteiger partial charge in [0, 0.05) is 5.02 Å². The second-order valence-electron chi connectivity index (χ2n) is 6.96. The molecule has 1 fully saturated rings. The highest BCUT2D eigenvalue weighted by molar-refractivity contribution is 6.30. The normalized spacial score (nSPS) is 21.7. The van der Waals surface area contributed by atoms with Gasteiger partial charge in [-0.15, -0.1) is 0 Å². The van der Waals surface area contributed by atoms with Crippen molar-refractivity contribution in [3.63, 3.8) is 0 Å². The molecule has 2 aliphatic rings. The fourth-order valence-electron chi connectivity index (χ4n) is 3.96. The molecule has 0 unspecified atom stereocenters. The number of ether oxygens (including phenoxy) is 1. The molecule has 3 amide bonds. The van der Waals surface area contributed by atoms with Gasteiger partial charge in [-0.25, -0.2) is 4.79 Å². The number of nitrogens with zero attached hydrogens (tertiary/aromatic N) is 1. The number of hydrogen-bond acceptors (Lipinski definition) is 3. The lowest BCUT2D eigenvalue weighted by Crippen LogP contribution is -2.44. The molecule has 6 heteroatoms. The van der Waals surface area contributed by atoms with Gasteiger partial charge in [0.1, 0.15) is 17.9 Å². The Bertz CT molecular complexity index is 868. The summed E-state index contributed by atoms with van der Waals surface area (Å²) in [6.45, 7) is 0.440. The smallest absolute Gasteiger partial charge is 0.325 e. The van der Waals surface area contributed by atoms with Crippen molar-refractivity contribution in [2.24, 2.45) is 0 Å². The summed E-state index contributed by atoms with van der Waals surface area (Å²) in [6.07, 6.45) is 3.47. The van der Waals surface area contributed by atoms with Crippen LogP contribution in [0.3, 0.4) is 0 Å². The van der Waals surface area contributed by atoms with E-state index in [4.69, 9.17) is 16.3 Å². The Kier molecular flexibility index (Phi) is 4.79. The molecule has 1 aliphatic carbocycles. The van der Waals surface area contributed by atoms with Crippen molar-refractivity contribution < 1.29 is 14.3 Å². The number of carbonyl (C=O) groups is 2. The van der Waals surface area contributed by atoms with Crippen LogP contribution in [0.4, 0.5) is 4.79 Å². The number of benzene rings is 2. The van der Waals surface area contributed by atoms with Crippen molar-refractivity contribution in [3.8, 4) is 5.75 Å². The van der Waals surface area contributed by atoms with E-state index in [-0.39, 0.29) is 25.1 Å². The number of hydrogen-bond donors (Lipinski definition) is 1. The number of amides is 3. The third-order valence-corrected chi connectivity index (χ3v) is 5.55. The standard InChI is InChI=1S/C21H21ClN2O3/c22-16-8-10-17(11-9-16)27-14-13-24-19(25)21(23-20(24)26)12-4-3-6-15-5-1-2-7-18(15)21/h1-2,5,7-11H,3-4,6,12-14H2,(H,23,26)/t21-/m1/s1. The molecule has 1 saturated heterocycles. The van der Waals surface area contributed by atoms with Crippen molar-refractivity contribution in [1.29, 1.82) is 0 Å². The van der Waals surface area contributed by atoms with Gasteiger partial charge in [-0.1, -0.05) is 35.9 Å². The Morgan fingerprint density at radius 1 is 1.07 bits per heavy atom. The van der Waals surface area contributed by atoms with Crippen molar-refractivity contribution in [2.45, 2.75) is 31.2 Å². The number of fused-ring (bicyclic) bond motifs is 2. The third kappa shape index (κ3) is 3.28. The molecule has 27 heavy (non-hydrogen) atoms. The van der Waals surface area contributed by atoms with Crippen molar-refractivity contribution in [1.82, 2.24) is 10.2 Å². The van der Waals surface area contributed by atoms with Gasteiger partial charge in [0.2, 0.25) is 0 Å². The van der Waals surface area contributed by atoms with Gasteiger partial charge in [-0.3, -0.25) is 9.69 Å². The lowest BCUT2D eigenvalue weighted by Gasteiger charge is -2.27. The van der Waals surface area contributed by atoms with Gasteiger partial charge < -0.3 is 10.1 Å². The van der Waals surface area contributed by atoms with Gasteiger partial charge >= 0.3 is 6.03 Å². The van der Waals surface area contributed by atoms with Gasteiger partial charge in [0.15, 0.2) is 0 Å². The summed E-state index contributed by atoms with van der Waals surface area (Å²) in [5.74, 6) is 0.475. The number of nitrogens with one attached hydrogen (secondary N) is 1. The van der Waals surface area contributed by atoms with Crippen LogP contribution in [0.2, 0.25) is 5.02 Å². The van der Waals surface area contributed by atoms with Crippen LogP contribution in [-0.2, 0) is 16.8 Å². The molecule has 4 rings (SSSR count). The number of aryl methyl sites for hydroxylation is 1. The molecule has 0 saturated carbocycles. The molecule has 0 bridgehead atoms. The lowest BCUT2D eigenvalue weighted by molar-refractivity contribution is -0.132. The van der Waals surface area contributed by atoms with E-state index < -0.39 is 5.54 Å². The average Bonchev–Trinajstić information content (AvgIpc) is 2.82. The van der Waals surface area contributed by atoms with Gasteiger partial charge in [-0.2, -0.15) is 0 Å². The Labute approximate surface area is 163 Å². The summed E-state index contributed by atoms with van der Waals surface area (Å²) in [5.41, 5.74) is 1.13. The maximum absolute atomic E-state index is 13.3. The summed E-state index contributed by atoms with van der Waals surface area (Å²) in [7, 11) is 0. The quantitative estimate of drug-likeness (QED) is 0.813. The first kappa shape index (κ1) is 17.9. The maximum atomic E-state index is 13.3. The highest BCUT2D eigenvalue weighted by Gasteiger charge is 2.53. The lowest BCUT2D eigenvalue weighted by atomic mass is 9.84. The molecule has 140 valence electrons. The largest absolute Gasteiger partial charge is 0.492 e. The molecule has 2 aromatic rings. The maximum Gasteiger partial charge on any atom is 0.325 e. The summed E-state index contributed by atoms with van der Waals surface area (Å²) in [6, 6.07) is 14.6. The second kappa shape index (κ2) is 7.24. The minimum absolute atomic E-state index is 0.179. The first-order chi connectivity index (χ1) is 13.1. The van der Waals surface area contributed by atoms with Crippen LogP contribution in [0.15, 0.2) is 48.5 Å². The van der Waals surface area contributed by atoms with Gasteiger partial charge in [-0.05, 0) is 61.1 Å². The average molecular weight is 385 g/mol. The predicted molar refractivity (Wildman–Crippen MR) is 103 cm³/mol. The van der Waals surface area contributed by atoms with Crippen LogP contribution in [0.1, 0.15) is 30.4 Å². The molecule has 5 nitrogen and oxygen atoms in total. The van der Waals surface area contributed by atoms with E-state index in [1.54, 1.807) is 24.3 Å². The van der Waals surface area contributed by atoms with E-state index in [9.17, 15) is 9.59 Å². The van der Waals surface area contributed by atoms with Crippen LogP contribution in [-0.4, -0.2) is 30.0 Å². The molecule has 1 atom stereocenters. The number of urea groups is 1. The number of carbonyl (C=O) groups excluding carboxylic acids is 2. The third-order valence-electron chi connectivity index (χ3n) is 5.30. The van der Waals surface area contributed by atoms with Crippen LogP contribution in [0, 0.1) is 0 Å². The Morgan fingerprint density at radius 2 is 1.85 bits per heavy atom. The second-order valence-corrected chi connectivity index (χ2v) is 7.40. The molecule has 1 N–H and O–H groups in total. The van der Waals surface area contributed by atoms with Crippen LogP contribution >= 0.6 is 11.6 Å². The molecular weight excluding hydrogens is 364 g/mol. The van der Waals surface area contributed by atoms with E-state index in [1.165, 1.54) is 4.90 Å². The number of halogens is 1. The molecule has 0 radical (unpaired) electrons. The van der Waals surface area contributed by atoms with Gasteiger partial charge in [0.05, 0.1) is 6.54 Å². The zero-order valence-corrected chi connectivity index (χ0v) is 15.7. The Balaban J connectivity index is 1.51. The first-order valence-electron chi connectivity index (χ1n) is 9.21. The van der Waals surface area contributed by atoms with Crippen molar-refractivity contribution in [3.05, 3.63) is 64.7 Å². The summed E-state index contributed by atoms with van der Waals surface area (Å²) >= 11 is 5.86. The van der Waals surface area contributed by atoms with Crippen LogP contribution < -0.4 is 10.1 Å². The van der Waals surface area contributed by atoms with Crippen molar-refractivity contribution >= 4 is 23.5 Å². The zero-order chi connectivity index (χ0) is 18.9. The first-order valence-corrected chi connectivity index (χ1v) is 9.59. The van der Waals surface area contributed by atoms with E-state index in [0.29, 0.717) is 17.2 Å². The Hall–Kier alpha value is -2.53. The summed E-state index contributed by atoms with van der Waals surface area (Å²) in [4.78, 5) is 27.1. The minimum atomic E-state index is -0.940. The highest BCUT2D eigenvalue weighted by atomic mass is 35.5. The molecule has 0 aromatic heterocycles.